The van der Waals surface area contributed by atoms with E-state index >= 15 is 0 Å². The maximum Gasteiger partial charge on any atom is -0.000719 e. The third-order valence-electron chi connectivity index (χ3n) is 11.9. The van der Waals surface area contributed by atoms with Crippen molar-refractivity contribution in [3.8, 4) is 44.5 Å². The van der Waals surface area contributed by atoms with Crippen LogP contribution in [0.2, 0.25) is 0 Å². The van der Waals surface area contributed by atoms with Crippen LogP contribution in [0.3, 0.4) is 0 Å². The minimum atomic E-state index is 1.23. The van der Waals surface area contributed by atoms with Gasteiger partial charge in [-0.3, -0.25) is 0 Å². The Kier molecular flexibility index (Phi) is 6.15. The van der Waals surface area contributed by atoms with Crippen LogP contribution in [0.1, 0.15) is 0 Å². The normalized spacial score (nSPS) is 12.1. The molecule has 54 heavy (non-hydrogen) atoms. The van der Waals surface area contributed by atoms with Gasteiger partial charge in [-0.1, -0.05) is 176 Å². The maximum atomic E-state index is 2.54. The van der Waals surface area contributed by atoms with Crippen LogP contribution in [-0.2, 0) is 0 Å². The third kappa shape index (κ3) is 4.03. The van der Waals surface area contributed by atoms with E-state index in [1.54, 1.807) is 0 Å². The molecule has 0 heterocycles. The lowest BCUT2D eigenvalue weighted by Crippen LogP contribution is -1.91. The molecule has 12 aromatic rings. The zero-order valence-corrected chi connectivity index (χ0v) is 29.5. The molecule has 0 unspecified atom stereocenters. The van der Waals surface area contributed by atoms with Gasteiger partial charge in [0.1, 0.15) is 0 Å². The van der Waals surface area contributed by atoms with E-state index < -0.39 is 0 Å². The van der Waals surface area contributed by atoms with E-state index in [0.29, 0.717) is 0 Å². The fourth-order valence-corrected chi connectivity index (χ4v) is 9.75. The van der Waals surface area contributed by atoms with Gasteiger partial charge in [-0.2, -0.15) is 0 Å². The molecule has 0 amide bonds. The molecule has 0 atom stereocenters. The Hall–Kier alpha value is -7.02. The molecular formula is C54H32. The zero-order chi connectivity index (χ0) is 35.3. The predicted octanol–water partition coefficient (Wildman–Crippen LogP) is 15.3. The summed E-state index contributed by atoms with van der Waals surface area (Å²) in [5.74, 6) is 0. The summed E-state index contributed by atoms with van der Waals surface area (Å²) >= 11 is 0. The second-order valence-electron chi connectivity index (χ2n) is 14.7. The van der Waals surface area contributed by atoms with E-state index in [2.05, 4.69) is 194 Å². The smallest absolute Gasteiger partial charge is 0.000719 e. The lowest BCUT2D eigenvalue weighted by molar-refractivity contribution is 1.61. The van der Waals surface area contributed by atoms with Crippen LogP contribution in [0, 0.1) is 0 Å². The molecule has 248 valence electrons. The summed E-state index contributed by atoms with van der Waals surface area (Å²) < 4.78 is 0. The monoisotopic (exact) mass is 680 g/mol. The van der Waals surface area contributed by atoms with Gasteiger partial charge >= 0.3 is 0 Å². The van der Waals surface area contributed by atoms with Crippen molar-refractivity contribution in [2.45, 2.75) is 0 Å². The van der Waals surface area contributed by atoms with Crippen LogP contribution >= 0.6 is 0 Å². The van der Waals surface area contributed by atoms with E-state index in [-0.39, 0.29) is 0 Å². The van der Waals surface area contributed by atoms with Crippen molar-refractivity contribution in [1.29, 1.82) is 0 Å². The van der Waals surface area contributed by atoms with E-state index in [1.807, 2.05) is 0 Å². The van der Waals surface area contributed by atoms with Gasteiger partial charge in [-0.15, -0.1) is 0 Å². The van der Waals surface area contributed by atoms with Crippen LogP contribution in [0.15, 0.2) is 194 Å². The third-order valence-corrected chi connectivity index (χ3v) is 11.9. The SMILES string of the molecule is c1ccc(-c2cc3c(cc2-c2ccccc2)c2cc4c(-c5ccccc5)c5c6cccc7cccc(c5c(-c5ccccc5)c4c4cccc3c24)c76)cc1. The van der Waals surface area contributed by atoms with Gasteiger partial charge in [0.25, 0.3) is 0 Å². The highest BCUT2D eigenvalue weighted by molar-refractivity contribution is 6.45. The highest BCUT2D eigenvalue weighted by atomic mass is 14.3. The highest BCUT2D eigenvalue weighted by Crippen LogP contribution is 2.55. The fourth-order valence-electron chi connectivity index (χ4n) is 9.75. The molecule has 12 rings (SSSR count). The minimum absolute atomic E-state index is 1.23. The van der Waals surface area contributed by atoms with Crippen molar-refractivity contribution >= 4 is 75.4 Å². The van der Waals surface area contributed by atoms with Gasteiger partial charge in [-0.05, 0) is 138 Å². The number of benzene rings is 10. The predicted molar refractivity (Wildman–Crippen MR) is 233 cm³/mol. The molecule has 0 aliphatic rings. The maximum absolute atomic E-state index is 2.54. The Morgan fingerprint density at radius 1 is 0.204 bits per heavy atom. The first-order valence-corrected chi connectivity index (χ1v) is 18.9. The highest BCUT2D eigenvalue weighted by Gasteiger charge is 2.26. The Bertz CT molecular complexity index is 3370. The van der Waals surface area contributed by atoms with E-state index in [0.717, 1.165) is 0 Å². The summed E-state index contributed by atoms with van der Waals surface area (Å²) in [6, 6.07) is 72.1. The molecule has 0 bridgehead atoms. The summed E-state index contributed by atoms with van der Waals surface area (Å²) in [5, 5.41) is 18.4. The van der Waals surface area contributed by atoms with Gasteiger partial charge in [-0.25, -0.2) is 0 Å². The van der Waals surface area contributed by atoms with Crippen molar-refractivity contribution in [3.63, 3.8) is 0 Å². The Morgan fingerprint density at radius 3 is 1.19 bits per heavy atom. The average molecular weight is 681 g/mol. The summed E-state index contributed by atoms with van der Waals surface area (Å²) in [6.45, 7) is 0. The number of fused-ring (bicyclic) bond motifs is 8. The van der Waals surface area contributed by atoms with Crippen molar-refractivity contribution < 1.29 is 0 Å². The van der Waals surface area contributed by atoms with Crippen molar-refractivity contribution in [3.05, 3.63) is 194 Å². The number of hydrogen-bond donors (Lipinski definition) is 0. The summed E-state index contributed by atoms with van der Waals surface area (Å²) in [5.41, 5.74) is 10.1. The topological polar surface area (TPSA) is 0 Å². The van der Waals surface area contributed by atoms with Crippen LogP contribution in [0.5, 0.6) is 0 Å². The molecule has 0 aliphatic carbocycles. The molecule has 0 nitrogen and oxygen atoms in total. The van der Waals surface area contributed by atoms with Gasteiger partial charge < -0.3 is 0 Å². The van der Waals surface area contributed by atoms with Gasteiger partial charge in [0.2, 0.25) is 0 Å². The molecule has 0 aromatic heterocycles. The van der Waals surface area contributed by atoms with Crippen molar-refractivity contribution in [2.75, 3.05) is 0 Å². The fraction of sp³-hybridized carbons (Fsp3) is 0. The molecule has 0 spiro atoms. The van der Waals surface area contributed by atoms with Gasteiger partial charge in [0, 0.05) is 0 Å². The summed E-state index contributed by atoms with van der Waals surface area (Å²) in [6.07, 6.45) is 0. The molecular weight excluding hydrogens is 649 g/mol. The van der Waals surface area contributed by atoms with Crippen LogP contribution in [-0.4, -0.2) is 0 Å². The van der Waals surface area contributed by atoms with Crippen LogP contribution in [0.4, 0.5) is 0 Å². The Balaban J connectivity index is 1.36. The second kappa shape index (κ2) is 11.2. The van der Waals surface area contributed by atoms with E-state index in [9.17, 15) is 0 Å². The molecule has 0 saturated carbocycles. The Labute approximate surface area is 312 Å². The van der Waals surface area contributed by atoms with Crippen molar-refractivity contribution in [1.82, 2.24) is 0 Å². The molecule has 0 saturated heterocycles. The van der Waals surface area contributed by atoms with Crippen LogP contribution in [0.25, 0.3) is 120 Å². The van der Waals surface area contributed by atoms with E-state index in [4.69, 9.17) is 0 Å². The first-order valence-electron chi connectivity index (χ1n) is 18.9. The lowest BCUT2D eigenvalue weighted by Gasteiger charge is -2.19. The quantitative estimate of drug-likeness (QED) is 0.162. The first-order chi connectivity index (χ1) is 26.8. The summed E-state index contributed by atoms with van der Waals surface area (Å²) in [4.78, 5) is 0. The van der Waals surface area contributed by atoms with Gasteiger partial charge in [0.15, 0.2) is 0 Å². The molecule has 0 heteroatoms. The van der Waals surface area contributed by atoms with E-state index in [1.165, 1.54) is 120 Å². The standard InChI is InChI=1S/C54H32/c1-5-16-33(17-6-1)42-30-44-38-26-15-29-41-51(38)46(45(44)31-43(42)34-18-7-2-8-19-34)32-47-49(36-20-9-3-10-21-36)53-39-27-13-24-35-25-14-28-40(48(35)39)54(53)50(52(41)47)37-22-11-4-12-23-37/h1-32H. The molecule has 0 fully saturated rings. The molecule has 12 aromatic carbocycles. The second-order valence-corrected chi connectivity index (χ2v) is 14.7. The number of rotatable bonds is 4. The zero-order valence-electron chi connectivity index (χ0n) is 29.5. The Morgan fingerprint density at radius 2 is 0.630 bits per heavy atom. The molecule has 0 aliphatic heterocycles. The first kappa shape index (κ1) is 29.5. The minimum Gasteiger partial charge on any atom is -0.0622 e. The molecule has 0 N–H and O–H groups in total. The lowest BCUT2D eigenvalue weighted by atomic mass is 9.84. The number of hydrogen-bond acceptors (Lipinski definition) is 0. The average Bonchev–Trinajstić information content (AvgIpc) is 3.74. The van der Waals surface area contributed by atoms with Crippen LogP contribution < -0.4 is 0 Å². The summed E-state index contributed by atoms with van der Waals surface area (Å²) in [7, 11) is 0. The van der Waals surface area contributed by atoms with Gasteiger partial charge in [0.05, 0.1) is 0 Å². The van der Waals surface area contributed by atoms with Crippen molar-refractivity contribution in [2.24, 2.45) is 0 Å². The largest absolute Gasteiger partial charge is 0.0622 e. The molecule has 0 radical (unpaired) electrons.